The second kappa shape index (κ2) is 5.03. The Balaban J connectivity index is 3.30. The van der Waals surface area contributed by atoms with Crippen molar-refractivity contribution in [2.24, 2.45) is 11.7 Å². The minimum atomic E-state index is 0.323. The van der Waals surface area contributed by atoms with Gasteiger partial charge in [0.1, 0.15) is 0 Å². The Kier molecular flexibility index (Phi) is 5.18. The third-order valence-electron chi connectivity index (χ3n) is 1.43. The maximum Gasteiger partial charge on any atom is 0.0168 e. The van der Waals surface area contributed by atoms with Gasteiger partial charge in [-0.2, -0.15) is 11.8 Å². The summed E-state index contributed by atoms with van der Waals surface area (Å²) < 4.78 is 0. The number of nitrogens with two attached hydrogens (primary N) is 1. The normalized spacial score (nSPS) is 17.4. The molecule has 0 saturated carbocycles. The van der Waals surface area contributed by atoms with E-state index < -0.39 is 0 Å². The zero-order valence-electron chi connectivity index (χ0n) is 7.42. The lowest BCUT2D eigenvalue weighted by Gasteiger charge is -2.15. The van der Waals surface area contributed by atoms with Gasteiger partial charge < -0.3 is 5.73 Å². The molecule has 0 bridgehead atoms. The van der Waals surface area contributed by atoms with E-state index in [0.717, 1.165) is 5.92 Å². The Hall–Kier alpha value is 0.310. The van der Waals surface area contributed by atoms with Gasteiger partial charge in [0.2, 0.25) is 0 Å². The van der Waals surface area contributed by atoms with Crippen LogP contribution in [0.3, 0.4) is 0 Å². The van der Waals surface area contributed by atoms with Crippen molar-refractivity contribution in [1.29, 1.82) is 0 Å². The lowest BCUT2D eigenvalue weighted by atomic mass is 10.3. The molecule has 2 heteroatoms. The van der Waals surface area contributed by atoms with E-state index in [4.69, 9.17) is 5.73 Å². The van der Waals surface area contributed by atoms with Gasteiger partial charge in [0.15, 0.2) is 0 Å². The minimum absolute atomic E-state index is 0.323. The van der Waals surface area contributed by atoms with Gasteiger partial charge in [-0.3, -0.25) is 0 Å². The summed E-state index contributed by atoms with van der Waals surface area (Å²) in [6.07, 6.45) is 0. The third kappa shape index (κ3) is 5.12. The van der Waals surface area contributed by atoms with E-state index in [2.05, 4.69) is 27.7 Å². The molecule has 0 amide bonds. The predicted molar refractivity (Wildman–Crippen MR) is 50.4 cm³/mol. The van der Waals surface area contributed by atoms with Gasteiger partial charge in [0.25, 0.3) is 0 Å². The second-order valence-electron chi connectivity index (χ2n) is 3.29. The van der Waals surface area contributed by atoms with E-state index in [9.17, 15) is 0 Å². The first kappa shape index (κ1) is 10.3. The Morgan fingerprint density at radius 1 is 1.20 bits per heavy atom. The largest absolute Gasteiger partial charge is 0.327 e. The van der Waals surface area contributed by atoms with Gasteiger partial charge in [-0.05, 0) is 18.6 Å². The summed E-state index contributed by atoms with van der Waals surface area (Å²) in [4.78, 5) is 0. The first-order valence-corrected chi connectivity index (χ1v) is 4.96. The summed E-state index contributed by atoms with van der Waals surface area (Å²) in [5, 5.41) is 0.599. The van der Waals surface area contributed by atoms with E-state index in [1.54, 1.807) is 0 Å². The molecule has 62 valence electrons. The van der Waals surface area contributed by atoms with Crippen LogP contribution < -0.4 is 5.73 Å². The van der Waals surface area contributed by atoms with Gasteiger partial charge in [-0.1, -0.05) is 20.8 Å². The number of rotatable bonds is 4. The van der Waals surface area contributed by atoms with Crippen LogP contribution in [0, 0.1) is 5.92 Å². The van der Waals surface area contributed by atoms with Crippen molar-refractivity contribution in [1.82, 2.24) is 0 Å². The lowest BCUT2D eigenvalue weighted by Crippen LogP contribution is -2.26. The Morgan fingerprint density at radius 2 is 1.70 bits per heavy atom. The molecule has 0 aromatic carbocycles. The van der Waals surface area contributed by atoms with Gasteiger partial charge in [0, 0.05) is 11.3 Å². The van der Waals surface area contributed by atoms with E-state index in [1.807, 2.05) is 11.8 Å². The minimum Gasteiger partial charge on any atom is -0.327 e. The standard InChI is InChI=1S/C8H19NS/c1-6(2)5-10-8(4)7(3)9/h6-8H,5,9H2,1-4H3. The molecule has 2 atom stereocenters. The monoisotopic (exact) mass is 161 g/mol. The molecule has 0 radical (unpaired) electrons. The van der Waals surface area contributed by atoms with Gasteiger partial charge in [-0.15, -0.1) is 0 Å². The molecule has 2 unspecified atom stereocenters. The molecule has 10 heavy (non-hydrogen) atoms. The van der Waals surface area contributed by atoms with E-state index in [-0.39, 0.29) is 0 Å². The highest BCUT2D eigenvalue weighted by Gasteiger charge is 2.07. The second-order valence-corrected chi connectivity index (χ2v) is 4.70. The zero-order chi connectivity index (χ0) is 8.15. The van der Waals surface area contributed by atoms with Crippen molar-refractivity contribution in [2.75, 3.05) is 5.75 Å². The smallest absolute Gasteiger partial charge is 0.0168 e. The molecule has 1 nitrogen and oxygen atoms in total. The van der Waals surface area contributed by atoms with E-state index >= 15 is 0 Å². The summed E-state index contributed by atoms with van der Waals surface area (Å²) in [5.74, 6) is 2.01. The van der Waals surface area contributed by atoms with Crippen LogP contribution in [0.1, 0.15) is 27.7 Å². The van der Waals surface area contributed by atoms with E-state index in [1.165, 1.54) is 5.75 Å². The average Bonchev–Trinajstić information content (AvgIpc) is 1.82. The first-order chi connectivity index (χ1) is 4.54. The highest BCUT2D eigenvalue weighted by atomic mass is 32.2. The van der Waals surface area contributed by atoms with E-state index in [0.29, 0.717) is 11.3 Å². The highest BCUT2D eigenvalue weighted by molar-refractivity contribution is 7.99. The molecule has 0 saturated heterocycles. The fraction of sp³-hybridized carbons (Fsp3) is 1.00. The lowest BCUT2D eigenvalue weighted by molar-refractivity contribution is 0.713. The number of thioether (sulfide) groups is 1. The van der Waals surface area contributed by atoms with Crippen molar-refractivity contribution in [2.45, 2.75) is 39.0 Å². The van der Waals surface area contributed by atoms with Gasteiger partial charge >= 0.3 is 0 Å². The van der Waals surface area contributed by atoms with Crippen LogP contribution >= 0.6 is 11.8 Å². The summed E-state index contributed by atoms with van der Waals surface area (Å²) in [5.41, 5.74) is 5.70. The maximum absolute atomic E-state index is 5.70. The number of hydrogen-bond donors (Lipinski definition) is 1. The van der Waals surface area contributed by atoms with Crippen molar-refractivity contribution in [3.63, 3.8) is 0 Å². The van der Waals surface area contributed by atoms with Crippen LogP contribution in [0.4, 0.5) is 0 Å². The molecule has 2 N–H and O–H groups in total. The molecule has 0 aromatic rings. The summed E-state index contributed by atoms with van der Waals surface area (Å²) in [6, 6.07) is 0.323. The quantitative estimate of drug-likeness (QED) is 0.683. The molecule has 0 aromatic heterocycles. The molecular weight excluding hydrogens is 142 g/mol. The zero-order valence-corrected chi connectivity index (χ0v) is 8.24. The molecule has 0 spiro atoms. The molecular formula is C8H19NS. The first-order valence-electron chi connectivity index (χ1n) is 3.91. The molecule has 0 aliphatic heterocycles. The molecule has 0 fully saturated rings. The predicted octanol–water partition coefficient (Wildman–Crippen LogP) is 2.11. The fourth-order valence-corrected chi connectivity index (χ4v) is 1.49. The van der Waals surface area contributed by atoms with Crippen molar-refractivity contribution >= 4 is 11.8 Å². The average molecular weight is 161 g/mol. The molecule has 0 aliphatic carbocycles. The van der Waals surface area contributed by atoms with Crippen LogP contribution in [0.15, 0.2) is 0 Å². The van der Waals surface area contributed by atoms with Crippen molar-refractivity contribution in [3.05, 3.63) is 0 Å². The summed E-state index contributed by atoms with van der Waals surface area (Å²) in [7, 11) is 0. The molecule has 0 rings (SSSR count). The van der Waals surface area contributed by atoms with Crippen molar-refractivity contribution < 1.29 is 0 Å². The highest BCUT2D eigenvalue weighted by Crippen LogP contribution is 2.15. The Bertz CT molecular complexity index is 81.3. The van der Waals surface area contributed by atoms with Crippen LogP contribution in [-0.4, -0.2) is 17.0 Å². The summed E-state index contributed by atoms with van der Waals surface area (Å²) >= 11 is 1.97. The third-order valence-corrected chi connectivity index (χ3v) is 3.25. The van der Waals surface area contributed by atoms with Gasteiger partial charge in [0.05, 0.1) is 0 Å². The van der Waals surface area contributed by atoms with Crippen molar-refractivity contribution in [3.8, 4) is 0 Å². The Labute approximate surface area is 68.8 Å². The summed E-state index contributed by atoms with van der Waals surface area (Å²) in [6.45, 7) is 8.73. The number of hydrogen-bond acceptors (Lipinski definition) is 2. The SMILES string of the molecule is CC(C)CSC(C)C(C)N. The van der Waals surface area contributed by atoms with Crippen LogP contribution in [0.25, 0.3) is 0 Å². The maximum atomic E-state index is 5.70. The molecule has 0 heterocycles. The molecule has 0 aliphatic rings. The van der Waals surface area contributed by atoms with Crippen LogP contribution in [0.2, 0.25) is 0 Å². The van der Waals surface area contributed by atoms with Crippen LogP contribution in [-0.2, 0) is 0 Å². The Morgan fingerprint density at radius 3 is 2.00 bits per heavy atom. The van der Waals surface area contributed by atoms with Gasteiger partial charge in [-0.25, -0.2) is 0 Å². The fourth-order valence-electron chi connectivity index (χ4n) is 0.496. The topological polar surface area (TPSA) is 26.0 Å². The van der Waals surface area contributed by atoms with Crippen LogP contribution in [0.5, 0.6) is 0 Å².